The smallest absolute Gasteiger partial charge is 0.194 e. The average molecular weight is 222 g/mol. The van der Waals surface area contributed by atoms with E-state index in [0.29, 0.717) is 0 Å². The van der Waals surface area contributed by atoms with Gasteiger partial charge in [0.15, 0.2) is 4.96 Å². The molecular formula is C11H14N2OS. The van der Waals surface area contributed by atoms with Crippen LogP contribution in [0.3, 0.4) is 0 Å². The van der Waals surface area contributed by atoms with Crippen molar-refractivity contribution >= 4 is 22.4 Å². The lowest BCUT2D eigenvalue weighted by molar-refractivity contribution is 0.245. The van der Waals surface area contributed by atoms with E-state index in [0.717, 1.165) is 16.3 Å². The molecule has 80 valence electrons. The molecule has 2 aromatic rings. The Bertz CT molecular complexity index is 508. The quantitative estimate of drug-likeness (QED) is 0.847. The fourth-order valence-corrected chi connectivity index (χ4v) is 2.47. The van der Waals surface area contributed by atoms with Gasteiger partial charge in [0.1, 0.15) is 0 Å². The number of fused-ring (bicyclic) bond motifs is 1. The van der Waals surface area contributed by atoms with E-state index in [-0.39, 0.29) is 0 Å². The Hall–Kier alpha value is -1.13. The maximum Gasteiger partial charge on any atom is 0.194 e. The van der Waals surface area contributed by atoms with E-state index in [4.69, 9.17) is 0 Å². The molecular weight excluding hydrogens is 208 g/mol. The first-order valence-electron chi connectivity index (χ1n) is 4.89. The number of aliphatic hydroxyl groups excluding tert-OH is 1. The van der Waals surface area contributed by atoms with Crippen molar-refractivity contribution in [2.24, 2.45) is 0 Å². The van der Waals surface area contributed by atoms with Gasteiger partial charge in [-0.25, -0.2) is 4.98 Å². The number of nitrogens with zero attached hydrogens (tertiary/aromatic N) is 2. The number of aryl methyl sites for hydroxylation is 2. The van der Waals surface area contributed by atoms with E-state index in [2.05, 4.69) is 21.7 Å². The molecule has 1 atom stereocenters. The molecule has 4 heteroatoms. The normalized spacial score (nSPS) is 14.1. The number of hydrogen-bond acceptors (Lipinski definition) is 3. The van der Waals surface area contributed by atoms with Crippen LogP contribution in [0, 0.1) is 13.8 Å². The van der Waals surface area contributed by atoms with E-state index in [1.54, 1.807) is 24.3 Å². The van der Waals surface area contributed by atoms with Crippen molar-refractivity contribution in [3.63, 3.8) is 0 Å². The zero-order valence-corrected chi connectivity index (χ0v) is 9.88. The van der Waals surface area contributed by atoms with Crippen molar-refractivity contribution in [3.05, 3.63) is 28.5 Å². The molecule has 15 heavy (non-hydrogen) atoms. The van der Waals surface area contributed by atoms with Crippen LogP contribution in [0.25, 0.3) is 11.0 Å². The van der Waals surface area contributed by atoms with Gasteiger partial charge in [0.05, 0.1) is 17.5 Å². The molecule has 0 radical (unpaired) electrons. The van der Waals surface area contributed by atoms with Gasteiger partial charge in [-0.05, 0) is 26.8 Å². The molecule has 2 heterocycles. The highest BCUT2D eigenvalue weighted by atomic mass is 32.1. The summed E-state index contributed by atoms with van der Waals surface area (Å²) in [6, 6.07) is 0. The van der Waals surface area contributed by atoms with E-state index >= 15 is 0 Å². The van der Waals surface area contributed by atoms with Crippen LogP contribution in [0.15, 0.2) is 11.5 Å². The first kappa shape index (κ1) is 10.4. The maximum atomic E-state index is 9.22. The summed E-state index contributed by atoms with van der Waals surface area (Å²) < 4.78 is 2.11. The number of thiazole rings is 1. The molecule has 0 aromatic carbocycles. The molecule has 0 saturated heterocycles. The molecule has 2 rings (SSSR count). The van der Waals surface area contributed by atoms with Crippen molar-refractivity contribution < 1.29 is 5.11 Å². The summed E-state index contributed by atoms with van der Waals surface area (Å²) in [5.74, 6) is 0. The minimum Gasteiger partial charge on any atom is -0.389 e. The van der Waals surface area contributed by atoms with Crippen molar-refractivity contribution in [2.75, 3.05) is 0 Å². The minimum atomic E-state index is -0.422. The molecule has 1 unspecified atom stereocenters. The molecule has 0 aliphatic carbocycles. The maximum absolute atomic E-state index is 9.22. The highest BCUT2D eigenvalue weighted by molar-refractivity contribution is 7.15. The van der Waals surface area contributed by atoms with Crippen molar-refractivity contribution in [2.45, 2.75) is 26.9 Å². The predicted molar refractivity (Wildman–Crippen MR) is 63.3 cm³/mol. The van der Waals surface area contributed by atoms with E-state index in [9.17, 15) is 5.11 Å². The van der Waals surface area contributed by atoms with Gasteiger partial charge in [0.2, 0.25) is 0 Å². The van der Waals surface area contributed by atoms with Gasteiger partial charge in [-0.15, -0.1) is 11.3 Å². The van der Waals surface area contributed by atoms with Crippen LogP contribution < -0.4 is 0 Å². The molecule has 0 aliphatic rings. The summed E-state index contributed by atoms with van der Waals surface area (Å²) in [5, 5.41) is 11.3. The topological polar surface area (TPSA) is 37.5 Å². The standard InChI is InChI=1S/C11H14N2OS/c1-7-6-15-11-12-9(3)10(13(7)11)5-4-8(2)14/h4-6,8,14H,1-3H3/b5-4+. The van der Waals surface area contributed by atoms with Gasteiger partial charge >= 0.3 is 0 Å². The number of rotatable bonds is 2. The van der Waals surface area contributed by atoms with Crippen LogP contribution in [-0.4, -0.2) is 20.6 Å². The summed E-state index contributed by atoms with van der Waals surface area (Å²) in [6.07, 6.45) is 3.28. The number of aliphatic hydroxyl groups is 1. The van der Waals surface area contributed by atoms with Crippen molar-refractivity contribution in [3.8, 4) is 0 Å². The second kappa shape index (κ2) is 3.79. The van der Waals surface area contributed by atoms with Crippen molar-refractivity contribution in [1.82, 2.24) is 9.38 Å². The average Bonchev–Trinajstić information content (AvgIpc) is 2.64. The van der Waals surface area contributed by atoms with Gasteiger partial charge in [-0.2, -0.15) is 0 Å². The first-order chi connectivity index (χ1) is 7.09. The highest BCUT2D eigenvalue weighted by Crippen LogP contribution is 2.21. The molecule has 0 aliphatic heterocycles. The predicted octanol–water partition coefficient (Wildman–Crippen LogP) is 2.41. The lowest BCUT2D eigenvalue weighted by Gasteiger charge is -1.97. The Balaban J connectivity index is 2.57. The second-order valence-electron chi connectivity index (χ2n) is 3.68. The third-order valence-corrected chi connectivity index (χ3v) is 3.23. The SMILES string of the molecule is Cc1nc2scc(C)n2c1/C=C/C(C)O. The zero-order chi connectivity index (χ0) is 11.0. The summed E-state index contributed by atoms with van der Waals surface area (Å²) in [5.41, 5.74) is 3.24. The molecule has 0 amide bonds. The minimum absolute atomic E-state index is 0.422. The lowest BCUT2D eigenvalue weighted by atomic mass is 10.2. The van der Waals surface area contributed by atoms with Crippen LogP contribution in [0.2, 0.25) is 0 Å². The summed E-state index contributed by atoms with van der Waals surface area (Å²) >= 11 is 1.64. The third-order valence-electron chi connectivity index (χ3n) is 2.29. The number of aromatic nitrogens is 2. The lowest BCUT2D eigenvalue weighted by Crippen LogP contribution is -1.94. The Labute approximate surface area is 92.7 Å². The fraction of sp³-hybridized carbons (Fsp3) is 0.364. The first-order valence-corrected chi connectivity index (χ1v) is 5.77. The summed E-state index contributed by atoms with van der Waals surface area (Å²) in [7, 11) is 0. The fourth-order valence-electron chi connectivity index (χ4n) is 1.55. The number of imidazole rings is 1. The molecule has 1 N–H and O–H groups in total. The monoisotopic (exact) mass is 222 g/mol. The molecule has 0 fully saturated rings. The van der Waals surface area contributed by atoms with Crippen LogP contribution in [0.4, 0.5) is 0 Å². The Morgan fingerprint density at radius 3 is 2.93 bits per heavy atom. The van der Waals surface area contributed by atoms with Crippen LogP contribution in [-0.2, 0) is 0 Å². The molecule has 2 aromatic heterocycles. The van der Waals surface area contributed by atoms with E-state index < -0.39 is 6.10 Å². The summed E-state index contributed by atoms with van der Waals surface area (Å²) in [6.45, 7) is 5.79. The molecule has 3 nitrogen and oxygen atoms in total. The third kappa shape index (κ3) is 1.82. The van der Waals surface area contributed by atoms with Gasteiger partial charge in [0, 0.05) is 11.1 Å². The second-order valence-corrected chi connectivity index (χ2v) is 4.51. The molecule has 0 bridgehead atoms. The molecule has 0 spiro atoms. The van der Waals surface area contributed by atoms with Crippen LogP contribution in [0.5, 0.6) is 0 Å². The Morgan fingerprint density at radius 2 is 2.27 bits per heavy atom. The van der Waals surface area contributed by atoms with Gasteiger partial charge in [0.25, 0.3) is 0 Å². The van der Waals surface area contributed by atoms with E-state index in [1.165, 1.54) is 5.69 Å². The molecule has 0 saturated carbocycles. The highest BCUT2D eigenvalue weighted by Gasteiger charge is 2.09. The zero-order valence-electron chi connectivity index (χ0n) is 9.06. The van der Waals surface area contributed by atoms with Gasteiger partial charge < -0.3 is 5.11 Å². The van der Waals surface area contributed by atoms with Crippen LogP contribution >= 0.6 is 11.3 Å². The number of hydrogen-bond donors (Lipinski definition) is 1. The Morgan fingerprint density at radius 1 is 1.53 bits per heavy atom. The summed E-state index contributed by atoms with van der Waals surface area (Å²) in [4.78, 5) is 5.47. The largest absolute Gasteiger partial charge is 0.389 e. The van der Waals surface area contributed by atoms with Crippen LogP contribution in [0.1, 0.15) is 24.0 Å². The van der Waals surface area contributed by atoms with Gasteiger partial charge in [-0.3, -0.25) is 4.40 Å². The van der Waals surface area contributed by atoms with Crippen molar-refractivity contribution in [1.29, 1.82) is 0 Å². The van der Waals surface area contributed by atoms with Gasteiger partial charge in [-0.1, -0.05) is 6.08 Å². The Kier molecular flexibility index (Phi) is 2.63. The van der Waals surface area contributed by atoms with E-state index in [1.807, 2.05) is 13.0 Å².